The summed E-state index contributed by atoms with van der Waals surface area (Å²) >= 11 is 0. The standard InChI is InChI=1S/C28H37NO9/c1-15(2)36-23(33)27(24(34)37-16(3)4)18(14-30)10-12-21(31)28(27)19-13-17(5)9-11-20(19)29(22(28)32)25(35)38-26(6,7)8/h9,11,13-16,18,21,31H,10,12H2,1-8H3/t18?,21-,28-/m0/s1. The van der Waals surface area contributed by atoms with E-state index < -0.39 is 64.6 Å². The Kier molecular flexibility index (Phi) is 7.81. The highest BCUT2D eigenvalue weighted by Gasteiger charge is 2.79. The second-order valence-electron chi connectivity index (χ2n) is 11.5. The summed E-state index contributed by atoms with van der Waals surface area (Å²) < 4.78 is 16.6. The van der Waals surface area contributed by atoms with Crippen molar-refractivity contribution in [1.29, 1.82) is 0 Å². The molecule has 3 atom stereocenters. The SMILES string of the molecule is Cc1ccc2c(c1)[C@@]1(C(=O)N2C(=O)OC(C)(C)C)[C@@H](O)CCC(C=O)C1(C(=O)OC(C)C)C(=O)OC(C)C. The van der Waals surface area contributed by atoms with Crippen molar-refractivity contribution >= 4 is 35.9 Å². The second-order valence-corrected chi connectivity index (χ2v) is 11.5. The van der Waals surface area contributed by atoms with Crippen LogP contribution in [0.3, 0.4) is 0 Å². The molecule has 10 nitrogen and oxygen atoms in total. The quantitative estimate of drug-likeness (QED) is 0.262. The molecule has 208 valence electrons. The summed E-state index contributed by atoms with van der Waals surface area (Å²) in [6.07, 6.45) is -3.92. The lowest BCUT2D eigenvalue weighted by Gasteiger charge is -2.52. The number of rotatable bonds is 5. The van der Waals surface area contributed by atoms with Crippen molar-refractivity contribution in [3.8, 4) is 0 Å². The number of carbonyl (C=O) groups is 5. The van der Waals surface area contributed by atoms with Crippen LogP contribution in [0.2, 0.25) is 0 Å². The Morgan fingerprint density at radius 3 is 2.08 bits per heavy atom. The maximum atomic E-state index is 14.6. The van der Waals surface area contributed by atoms with Crippen molar-refractivity contribution in [2.45, 2.75) is 97.6 Å². The molecule has 0 aromatic heterocycles. The molecule has 1 heterocycles. The third-order valence-electron chi connectivity index (χ3n) is 6.86. The van der Waals surface area contributed by atoms with Crippen molar-refractivity contribution in [3.05, 3.63) is 29.3 Å². The zero-order valence-electron chi connectivity index (χ0n) is 23.2. The van der Waals surface area contributed by atoms with Crippen molar-refractivity contribution in [2.75, 3.05) is 4.90 Å². The molecule has 3 rings (SSSR count). The summed E-state index contributed by atoms with van der Waals surface area (Å²) in [5.74, 6) is -4.81. The van der Waals surface area contributed by atoms with Crippen LogP contribution in [0.1, 0.15) is 72.4 Å². The van der Waals surface area contributed by atoms with E-state index in [1.165, 1.54) is 12.1 Å². The van der Waals surface area contributed by atoms with Crippen LogP contribution in [-0.2, 0) is 38.8 Å². The van der Waals surface area contributed by atoms with E-state index in [2.05, 4.69) is 0 Å². The van der Waals surface area contributed by atoms with Gasteiger partial charge in [-0.2, -0.15) is 0 Å². The summed E-state index contributed by atoms with van der Waals surface area (Å²) in [5, 5.41) is 11.7. The van der Waals surface area contributed by atoms with E-state index in [0.29, 0.717) is 11.8 Å². The van der Waals surface area contributed by atoms with Gasteiger partial charge in [-0.1, -0.05) is 17.7 Å². The second kappa shape index (κ2) is 10.1. The van der Waals surface area contributed by atoms with E-state index in [-0.39, 0.29) is 24.1 Å². The molecular formula is C28H37NO9. The van der Waals surface area contributed by atoms with Crippen LogP contribution in [0.25, 0.3) is 0 Å². The van der Waals surface area contributed by atoms with Crippen LogP contribution >= 0.6 is 0 Å². The van der Waals surface area contributed by atoms with E-state index in [9.17, 15) is 29.1 Å². The van der Waals surface area contributed by atoms with Gasteiger partial charge in [0.05, 0.1) is 24.0 Å². The van der Waals surface area contributed by atoms with Gasteiger partial charge in [0.2, 0.25) is 0 Å². The number of benzene rings is 1. The van der Waals surface area contributed by atoms with Crippen LogP contribution in [-0.4, -0.2) is 59.2 Å². The molecule has 1 aliphatic heterocycles. The summed E-state index contributed by atoms with van der Waals surface area (Å²) in [5.41, 5.74) is -5.28. The summed E-state index contributed by atoms with van der Waals surface area (Å²) in [6.45, 7) is 12.8. The maximum Gasteiger partial charge on any atom is 0.421 e. The monoisotopic (exact) mass is 531 g/mol. The molecule has 1 spiro atoms. The fourth-order valence-electron chi connectivity index (χ4n) is 5.57. The van der Waals surface area contributed by atoms with Crippen LogP contribution in [0.15, 0.2) is 18.2 Å². The first-order valence-electron chi connectivity index (χ1n) is 12.8. The Hall–Kier alpha value is -3.27. The van der Waals surface area contributed by atoms with E-state index in [1.807, 2.05) is 0 Å². The Morgan fingerprint density at radius 1 is 1.05 bits per heavy atom. The van der Waals surface area contributed by atoms with E-state index in [0.717, 1.165) is 4.90 Å². The number of aliphatic hydroxyl groups is 1. The lowest BCUT2D eigenvalue weighted by molar-refractivity contribution is -0.202. The van der Waals surface area contributed by atoms with Crippen molar-refractivity contribution in [1.82, 2.24) is 0 Å². The number of aryl methyl sites for hydroxylation is 1. The summed E-state index contributed by atoms with van der Waals surface area (Å²) in [6, 6.07) is 4.67. The highest BCUT2D eigenvalue weighted by atomic mass is 16.6. The lowest BCUT2D eigenvalue weighted by atomic mass is 9.48. The number of ether oxygens (including phenoxy) is 3. The fourth-order valence-corrected chi connectivity index (χ4v) is 5.57. The smallest absolute Gasteiger partial charge is 0.421 e. The van der Waals surface area contributed by atoms with Crippen LogP contribution < -0.4 is 4.90 Å². The molecule has 1 saturated carbocycles. The Labute approximate surface area is 222 Å². The number of hydrogen-bond donors (Lipinski definition) is 1. The third-order valence-corrected chi connectivity index (χ3v) is 6.86. The number of amides is 2. The van der Waals surface area contributed by atoms with Gasteiger partial charge in [-0.05, 0) is 79.9 Å². The molecule has 2 amide bonds. The van der Waals surface area contributed by atoms with Crippen molar-refractivity contribution in [3.63, 3.8) is 0 Å². The number of nitrogens with zero attached hydrogens (tertiary/aromatic N) is 1. The van der Waals surface area contributed by atoms with Gasteiger partial charge < -0.3 is 24.1 Å². The van der Waals surface area contributed by atoms with E-state index in [1.54, 1.807) is 61.5 Å². The number of esters is 2. The average Bonchev–Trinajstić information content (AvgIpc) is 3.02. The first-order chi connectivity index (χ1) is 17.5. The molecule has 0 bridgehead atoms. The predicted molar refractivity (Wildman–Crippen MR) is 136 cm³/mol. The van der Waals surface area contributed by atoms with Crippen molar-refractivity contribution in [2.24, 2.45) is 11.3 Å². The summed E-state index contributed by atoms with van der Waals surface area (Å²) in [7, 11) is 0. The minimum atomic E-state index is -2.61. The molecular weight excluding hydrogens is 494 g/mol. The van der Waals surface area contributed by atoms with Gasteiger partial charge in [-0.3, -0.25) is 14.4 Å². The van der Waals surface area contributed by atoms with Crippen LogP contribution in [0.4, 0.5) is 10.5 Å². The van der Waals surface area contributed by atoms with Crippen molar-refractivity contribution < 1.29 is 43.3 Å². The highest BCUT2D eigenvalue weighted by molar-refractivity contribution is 6.26. The van der Waals surface area contributed by atoms with Crippen LogP contribution in [0.5, 0.6) is 0 Å². The summed E-state index contributed by atoms with van der Waals surface area (Å²) in [4.78, 5) is 69.5. The molecule has 1 unspecified atom stereocenters. The van der Waals surface area contributed by atoms with Gasteiger partial charge in [0.15, 0.2) is 5.41 Å². The van der Waals surface area contributed by atoms with Crippen LogP contribution in [0, 0.1) is 18.3 Å². The number of aliphatic hydroxyl groups excluding tert-OH is 1. The molecule has 0 radical (unpaired) electrons. The molecule has 1 aliphatic carbocycles. The molecule has 1 aromatic rings. The Morgan fingerprint density at radius 2 is 1.61 bits per heavy atom. The molecule has 1 N–H and O–H groups in total. The van der Waals surface area contributed by atoms with Gasteiger partial charge in [-0.25, -0.2) is 9.69 Å². The number of hydrogen-bond acceptors (Lipinski definition) is 9. The largest absolute Gasteiger partial charge is 0.462 e. The molecule has 1 fully saturated rings. The zero-order valence-corrected chi connectivity index (χ0v) is 23.2. The number of aldehydes is 1. The predicted octanol–water partition coefficient (Wildman–Crippen LogP) is 3.37. The molecule has 38 heavy (non-hydrogen) atoms. The van der Waals surface area contributed by atoms with Gasteiger partial charge in [-0.15, -0.1) is 0 Å². The molecule has 1 aromatic carbocycles. The third kappa shape index (κ3) is 4.38. The topological polar surface area (TPSA) is 137 Å². The lowest BCUT2D eigenvalue weighted by Crippen LogP contribution is -2.72. The van der Waals surface area contributed by atoms with Gasteiger partial charge >= 0.3 is 18.0 Å². The Balaban J connectivity index is 2.49. The molecule has 10 heteroatoms. The number of fused-ring (bicyclic) bond motifs is 2. The number of carbonyl (C=O) groups excluding carboxylic acids is 5. The Bertz CT molecular complexity index is 1130. The van der Waals surface area contributed by atoms with E-state index >= 15 is 0 Å². The number of anilines is 1. The number of imide groups is 1. The van der Waals surface area contributed by atoms with Gasteiger partial charge in [0.25, 0.3) is 5.91 Å². The zero-order chi connectivity index (χ0) is 28.8. The average molecular weight is 532 g/mol. The first kappa shape index (κ1) is 29.3. The highest BCUT2D eigenvalue weighted by Crippen LogP contribution is 2.62. The molecule has 0 saturated heterocycles. The van der Waals surface area contributed by atoms with E-state index in [4.69, 9.17) is 14.2 Å². The normalized spacial score (nSPS) is 24.4. The fraction of sp³-hybridized carbons (Fsp3) is 0.607. The van der Waals surface area contributed by atoms with Gasteiger partial charge in [0.1, 0.15) is 17.3 Å². The maximum absolute atomic E-state index is 14.6. The first-order valence-corrected chi connectivity index (χ1v) is 12.8. The minimum absolute atomic E-state index is 0.0412. The van der Waals surface area contributed by atoms with Gasteiger partial charge in [0, 0.05) is 5.92 Å². The molecule has 2 aliphatic rings. The minimum Gasteiger partial charge on any atom is -0.462 e.